The first-order chi connectivity index (χ1) is 14.1. The van der Waals surface area contributed by atoms with Crippen LogP contribution in [0.15, 0.2) is 42.9 Å². The Morgan fingerprint density at radius 2 is 1.86 bits per heavy atom. The van der Waals surface area contributed by atoms with Crippen LogP contribution in [-0.2, 0) is 20.1 Å². The molecule has 0 atom stereocenters. The van der Waals surface area contributed by atoms with Crippen molar-refractivity contribution in [3.05, 3.63) is 59.8 Å². The molecule has 4 rings (SSSR count). The minimum atomic E-state index is 0.749. The van der Waals surface area contributed by atoms with Crippen molar-refractivity contribution in [2.24, 2.45) is 7.05 Å². The highest BCUT2D eigenvalue weighted by Gasteiger charge is 2.17. The summed E-state index contributed by atoms with van der Waals surface area (Å²) >= 11 is 0. The van der Waals surface area contributed by atoms with Gasteiger partial charge in [-0.25, -0.2) is 4.98 Å². The number of aromatic nitrogens is 4. The van der Waals surface area contributed by atoms with Gasteiger partial charge in [-0.05, 0) is 38.3 Å². The van der Waals surface area contributed by atoms with E-state index >= 15 is 0 Å². The van der Waals surface area contributed by atoms with Crippen molar-refractivity contribution >= 4 is 0 Å². The highest BCUT2D eigenvalue weighted by atomic mass is 15.3. The first-order valence-corrected chi connectivity index (χ1v) is 10.9. The van der Waals surface area contributed by atoms with Crippen LogP contribution in [0.4, 0.5) is 0 Å². The van der Waals surface area contributed by atoms with Gasteiger partial charge in [-0.15, -0.1) is 0 Å². The number of aryl methyl sites for hydroxylation is 2. The number of benzene rings is 1. The molecule has 154 valence electrons. The summed E-state index contributed by atoms with van der Waals surface area (Å²) in [6.45, 7) is 4.87. The Kier molecular flexibility index (Phi) is 6.14. The van der Waals surface area contributed by atoms with Crippen molar-refractivity contribution in [2.75, 3.05) is 13.6 Å². The van der Waals surface area contributed by atoms with Crippen LogP contribution in [0.2, 0.25) is 0 Å². The zero-order valence-electron chi connectivity index (χ0n) is 18.0. The summed E-state index contributed by atoms with van der Waals surface area (Å²) in [5.41, 5.74) is 5.11. The lowest BCUT2D eigenvalue weighted by atomic mass is 9.84. The van der Waals surface area contributed by atoms with Gasteiger partial charge in [0.25, 0.3) is 0 Å². The van der Waals surface area contributed by atoms with Crippen molar-refractivity contribution in [1.29, 1.82) is 0 Å². The fourth-order valence-corrected chi connectivity index (χ4v) is 4.53. The van der Waals surface area contributed by atoms with Crippen LogP contribution >= 0.6 is 0 Å². The third-order valence-electron chi connectivity index (χ3n) is 6.25. The third-order valence-corrected chi connectivity index (χ3v) is 6.25. The molecule has 0 amide bonds. The monoisotopic (exact) mass is 391 g/mol. The van der Waals surface area contributed by atoms with Crippen LogP contribution in [0.5, 0.6) is 0 Å². The van der Waals surface area contributed by atoms with Gasteiger partial charge in [0.05, 0.1) is 5.69 Å². The van der Waals surface area contributed by atoms with Gasteiger partial charge in [0, 0.05) is 56.4 Å². The lowest BCUT2D eigenvalue weighted by Gasteiger charge is -2.22. The van der Waals surface area contributed by atoms with Crippen LogP contribution < -0.4 is 0 Å². The fraction of sp³-hybridized carbons (Fsp3) is 0.500. The zero-order chi connectivity index (χ0) is 20.2. The first-order valence-electron chi connectivity index (χ1n) is 10.9. The van der Waals surface area contributed by atoms with Crippen LogP contribution in [0.3, 0.4) is 0 Å². The van der Waals surface area contributed by atoms with Gasteiger partial charge in [0.1, 0.15) is 5.82 Å². The topological polar surface area (TPSA) is 38.9 Å². The minimum absolute atomic E-state index is 0.749. The first kappa shape index (κ1) is 19.9. The summed E-state index contributed by atoms with van der Waals surface area (Å²) < 4.78 is 4.14. The average Bonchev–Trinajstić information content (AvgIpc) is 3.32. The van der Waals surface area contributed by atoms with E-state index in [1.165, 1.54) is 48.8 Å². The molecule has 2 heterocycles. The minimum Gasteiger partial charge on any atom is -0.334 e. The van der Waals surface area contributed by atoms with Crippen molar-refractivity contribution in [3.63, 3.8) is 0 Å². The second-order valence-electron chi connectivity index (χ2n) is 8.54. The van der Waals surface area contributed by atoms with E-state index in [9.17, 15) is 0 Å². The van der Waals surface area contributed by atoms with E-state index < -0.39 is 0 Å². The van der Waals surface area contributed by atoms with Crippen LogP contribution in [0.1, 0.15) is 55.0 Å². The number of nitrogens with zero attached hydrogens (tertiary/aromatic N) is 5. The molecule has 0 aliphatic heterocycles. The van der Waals surface area contributed by atoms with Crippen LogP contribution in [0, 0.1) is 6.92 Å². The lowest BCUT2D eigenvalue weighted by molar-refractivity contribution is 0.310. The lowest BCUT2D eigenvalue weighted by Crippen LogP contribution is -2.23. The molecule has 0 saturated heterocycles. The normalized spacial score (nSPS) is 15.3. The Hall–Kier alpha value is -2.40. The molecule has 1 aliphatic carbocycles. The fourth-order valence-electron chi connectivity index (χ4n) is 4.53. The highest BCUT2D eigenvalue weighted by Crippen LogP contribution is 2.33. The molecular weight excluding hydrogens is 358 g/mol. The number of likely N-dealkylation sites (N-methyl/N-ethyl adjacent to an activating group) is 1. The van der Waals surface area contributed by atoms with E-state index in [4.69, 9.17) is 5.10 Å². The molecule has 0 radical (unpaired) electrons. The average molecular weight is 392 g/mol. The number of imidazole rings is 1. The summed E-state index contributed by atoms with van der Waals surface area (Å²) in [4.78, 5) is 6.66. The molecule has 0 bridgehead atoms. The highest BCUT2D eigenvalue weighted by molar-refractivity contribution is 5.63. The molecule has 1 fully saturated rings. The standard InChI is InChI=1S/C24H33N5/c1-19-25-13-14-29(19)16-15-27(2)17-23-18-28(3)26-24(23)22-11-9-21(10-12-22)20-7-5-4-6-8-20/h9-14,18,20H,4-8,15-17H2,1-3H3. The van der Waals surface area contributed by atoms with E-state index in [-0.39, 0.29) is 0 Å². The summed E-state index contributed by atoms with van der Waals surface area (Å²) in [5.74, 6) is 1.82. The Labute approximate surface area is 174 Å². The second-order valence-corrected chi connectivity index (χ2v) is 8.54. The third kappa shape index (κ3) is 4.78. The van der Waals surface area contributed by atoms with E-state index in [1.807, 2.05) is 24.1 Å². The Balaban J connectivity index is 1.44. The van der Waals surface area contributed by atoms with Crippen molar-refractivity contribution in [2.45, 2.75) is 58.0 Å². The van der Waals surface area contributed by atoms with Gasteiger partial charge < -0.3 is 9.47 Å². The quantitative estimate of drug-likeness (QED) is 0.582. The molecule has 0 N–H and O–H groups in total. The van der Waals surface area contributed by atoms with Crippen molar-refractivity contribution < 1.29 is 0 Å². The van der Waals surface area contributed by atoms with Gasteiger partial charge in [0.2, 0.25) is 0 Å². The maximum atomic E-state index is 4.78. The largest absolute Gasteiger partial charge is 0.334 e. The van der Waals surface area contributed by atoms with Crippen LogP contribution in [-0.4, -0.2) is 37.8 Å². The molecule has 0 spiro atoms. The molecule has 3 aromatic rings. The summed E-state index contributed by atoms with van der Waals surface area (Å²) in [6, 6.07) is 9.19. The van der Waals surface area contributed by atoms with E-state index in [0.717, 1.165) is 37.1 Å². The SMILES string of the molecule is Cc1nccn1CCN(C)Cc1cn(C)nc1-c1ccc(C2CCCCC2)cc1. The molecule has 29 heavy (non-hydrogen) atoms. The maximum Gasteiger partial charge on any atom is 0.105 e. The van der Waals surface area contributed by atoms with Crippen LogP contribution in [0.25, 0.3) is 11.3 Å². The molecule has 1 saturated carbocycles. The van der Waals surface area contributed by atoms with Gasteiger partial charge in [-0.3, -0.25) is 4.68 Å². The predicted octanol–water partition coefficient (Wildman–Crippen LogP) is 4.77. The van der Waals surface area contributed by atoms with Crippen molar-refractivity contribution in [3.8, 4) is 11.3 Å². The molecular formula is C24H33N5. The van der Waals surface area contributed by atoms with Crippen molar-refractivity contribution in [1.82, 2.24) is 24.2 Å². The summed E-state index contributed by atoms with van der Waals surface area (Å²) in [6.07, 6.45) is 12.9. The van der Waals surface area contributed by atoms with E-state index in [0.29, 0.717) is 0 Å². The van der Waals surface area contributed by atoms with Gasteiger partial charge >= 0.3 is 0 Å². The molecule has 1 aromatic carbocycles. The second kappa shape index (κ2) is 8.95. The van der Waals surface area contributed by atoms with E-state index in [2.05, 4.69) is 58.9 Å². The smallest absolute Gasteiger partial charge is 0.105 e. The Morgan fingerprint density at radius 1 is 1.10 bits per heavy atom. The maximum absolute atomic E-state index is 4.78. The molecule has 1 aliphatic rings. The summed E-state index contributed by atoms with van der Waals surface area (Å²) in [7, 11) is 4.19. The number of rotatable bonds is 7. The Bertz CT molecular complexity index is 915. The predicted molar refractivity (Wildman–Crippen MR) is 118 cm³/mol. The molecule has 0 unspecified atom stereocenters. The molecule has 5 nitrogen and oxygen atoms in total. The molecule has 2 aromatic heterocycles. The number of hydrogen-bond acceptors (Lipinski definition) is 3. The number of hydrogen-bond donors (Lipinski definition) is 0. The van der Waals surface area contributed by atoms with Gasteiger partial charge in [-0.1, -0.05) is 43.5 Å². The van der Waals surface area contributed by atoms with E-state index in [1.54, 1.807) is 0 Å². The molecule has 5 heteroatoms. The summed E-state index contributed by atoms with van der Waals surface area (Å²) in [5, 5.41) is 4.78. The zero-order valence-corrected chi connectivity index (χ0v) is 18.0. The van der Waals surface area contributed by atoms with Gasteiger partial charge in [-0.2, -0.15) is 5.10 Å². The van der Waals surface area contributed by atoms with Gasteiger partial charge in [0.15, 0.2) is 0 Å². The Morgan fingerprint density at radius 3 is 2.55 bits per heavy atom.